The van der Waals surface area contributed by atoms with Gasteiger partial charge in [0.15, 0.2) is 0 Å². The molecule has 2 aliphatic rings. The lowest BCUT2D eigenvalue weighted by molar-refractivity contribution is 0.289. The number of rotatable bonds is 2. The van der Waals surface area contributed by atoms with Gasteiger partial charge in [-0.2, -0.15) is 0 Å². The number of nitrogens with one attached hydrogen (secondary N) is 1. The summed E-state index contributed by atoms with van der Waals surface area (Å²) in [5, 5.41) is 3.68. The number of hydrogen-bond acceptors (Lipinski definition) is 1. The normalized spacial score (nSPS) is 32.9. The Balaban J connectivity index is 1.61. The lowest BCUT2D eigenvalue weighted by Crippen LogP contribution is -2.39. The van der Waals surface area contributed by atoms with Crippen LogP contribution in [-0.4, -0.2) is 12.6 Å². The van der Waals surface area contributed by atoms with Crippen molar-refractivity contribution in [1.82, 2.24) is 5.32 Å². The molecule has 0 spiro atoms. The van der Waals surface area contributed by atoms with Gasteiger partial charge in [0.05, 0.1) is 0 Å². The molecule has 0 bridgehead atoms. The molecule has 3 rings (SSSR count). The molecule has 86 valence electrons. The average molecular weight is 215 g/mol. The van der Waals surface area contributed by atoms with Gasteiger partial charge in [-0.15, -0.1) is 0 Å². The standard InChI is InChI=1S/C15H21N/c1-11-6-7-16-14(8-11)10-13-9-12-4-2-3-5-15(12)13/h2-5,11,13-14,16H,6-10H2,1H3. The third kappa shape index (κ3) is 1.89. The fourth-order valence-corrected chi connectivity index (χ4v) is 3.32. The van der Waals surface area contributed by atoms with Crippen LogP contribution in [0.15, 0.2) is 24.3 Å². The first-order valence-corrected chi connectivity index (χ1v) is 6.64. The van der Waals surface area contributed by atoms with Crippen LogP contribution < -0.4 is 5.32 Å². The predicted octanol–water partition coefficient (Wildman–Crippen LogP) is 3.10. The second kappa shape index (κ2) is 4.21. The summed E-state index contributed by atoms with van der Waals surface area (Å²) in [5.74, 6) is 1.75. The van der Waals surface area contributed by atoms with Crippen molar-refractivity contribution in [3.63, 3.8) is 0 Å². The zero-order chi connectivity index (χ0) is 11.0. The molecule has 16 heavy (non-hydrogen) atoms. The van der Waals surface area contributed by atoms with Gasteiger partial charge in [0.1, 0.15) is 0 Å². The van der Waals surface area contributed by atoms with E-state index in [-0.39, 0.29) is 0 Å². The summed E-state index contributed by atoms with van der Waals surface area (Å²) in [6.07, 6.45) is 5.39. The minimum absolute atomic E-state index is 0.766. The monoisotopic (exact) mass is 215 g/mol. The average Bonchev–Trinajstić information content (AvgIpc) is 2.26. The van der Waals surface area contributed by atoms with Crippen molar-refractivity contribution in [2.24, 2.45) is 5.92 Å². The van der Waals surface area contributed by atoms with Gasteiger partial charge in [0, 0.05) is 6.04 Å². The van der Waals surface area contributed by atoms with E-state index in [2.05, 4.69) is 36.5 Å². The highest BCUT2D eigenvalue weighted by Gasteiger charge is 2.29. The third-order valence-corrected chi connectivity index (χ3v) is 4.29. The summed E-state index contributed by atoms with van der Waals surface area (Å²) in [4.78, 5) is 0. The van der Waals surface area contributed by atoms with E-state index in [0.717, 1.165) is 17.9 Å². The van der Waals surface area contributed by atoms with Crippen molar-refractivity contribution < 1.29 is 0 Å². The Morgan fingerprint density at radius 1 is 1.31 bits per heavy atom. The van der Waals surface area contributed by atoms with Crippen LogP contribution in [0, 0.1) is 5.92 Å². The molecule has 1 aliphatic heterocycles. The SMILES string of the molecule is CC1CCNC(CC2Cc3ccccc32)C1. The van der Waals surface area contributed by atoms with Crippen LogP contribution in [0.25, 0.3) is 0 Å². The summed E-state index contributed by atoms with van der Waals surface area (Å²) in [6.45, 7) is 3.61. The summed E-state index contributed by atoms with van der Waals surface area (Å²) < 4.78 is 0. The van der Waals surface area contributed by atoms with E-state index >= 15 is 0 Å². The molecule has 1 saturated heterocycles. The zero-order valence-electron chi connectivity index (χ0n) is 10.1. The predicted molar refractivity (Wildman–Crippen MR) is 67.7 cm³/mol. The van der Waals surface area contributed by atoms with Gasteiger partial charge < -0.3 is 5.32 Å². The van der Waals surface area contributed by atoms with E-state index in [0.29, 0.717) is 0 Å². The van der Waals surface area contributed by atoms with Crippen LogP contribution in [0.2, 0.25) is 0 Å². The lowest BCUT2D eigenvalue weighted by atomic mass is 9.73. The molecule has 1 heteroatoms. The summed E-state index contributed by atoms with van der Waals surface area (Å²) in [7, 11) is 0. The van der Waals surface area contributed by atoms with Crippen molar-refractivity contribution in [3.8, 4) is 0 Å². The largest absolute Gasteiger partial charge is 0.314 e. The molecule has 1 aromatic carbocycles. The molecule has 0 saturated carbocycles. The number of fused-ring (bicyclic) bond motifs is 1. The maximum Gasteiger partial charge on any atom is 0.00755 e. The molecule has 1 aliphatic carbocycles. The molecule has 1 aromatic rings. The Hall–Kier alpha value is -0.820. The van der Waals surface area contributed by atoms with Crippen LogP contribution in [0.4, 0.5) is 0 Å². The second-order valence-electron chi connectivity index (χ2n) is 5.62. The van der Waals surface area contributed by atoms with Crippen LogP contribution in [0.1, 0.15) is 43.2 Å². The van der Waals surface area contributed by atoms with Crippen LogP contribution in [-0.2, 0) is 6.42 Å². The Morgan fingerprint density at radius 3 is 3.00 bits per heavy atom. The fourth-order valence-electron chi connectivity index (χ4n) is 3.32. The van der Waals surface area contributed by atoms with E-state index in [1.807, 2.05) is 0 Å². The van der Waals surface area contributed by atoms with Crippen molar-refractivity contribution in [3.05, 3.63) is 35.4 Å². The Bertz CT molecular complexity index is 371. The Morgan fingerprint density at radius 2 is 2.19 bits per heavy atom. The van der Waals surface area contributed by atoms with Crippen molar-refractivity contribution >= 4 is 0 Å². The van der Waals surface area contributed by atoms with Gasteiger partial charge in [-0.1, -0.05) is 31.2 Å². The lowest BCUT2D eigenvalue weighted by Gasteiger charge is -2.36. The van der Waals surface area contributed by atoms with Crippen molar-refractivity contribution in [2.45, 2.75) is 44.6 Å². The molecule has 1 nitrogen and oxygen atoms in total. The first-order valence-electron chi connectivity index (χ1n) is 6.64. The smallest absolute Gasteiger partial charge is 0.00755 e. The Labute approximate surface area is 98.3 Å². The molecular weight excluding hydrogens is 194 g/mol. The van der Waals surface area contributed by atoms with Crippen LogP contribution >= 0.6 is 0 Å². The van der Waals surface area contributed by atoms with Gasteiger partial charge in [-0.25, -0.2) is 0 Å². The van der Waals surface area contributed by atoms with E-state index < -0.39 is 0 Å². The van der Waals surface area contributed by atoms with Crippen LogP contribution in [0.3, 0.4) is 0 Å². The number of benzene rings is 1. The maximum absolute atomic E-state index is 3.68. The number of piperidine rings is 1. The molecule has 3 unspecified atom stereocenters. The molecular formula is C15H21N. The second-order valence-corrected chi connectivity index (χ2v) is 5.62. The van der Waals surface area contributed by atoms with Gasteiger partial charge in [0.25, 0.3) is 0 Å². The molecule has 0 amide bonds. The molecule has 1 heterocycles. The van der Waals surface area contributed by atoms with Crippen LogP contribution in [0.5, 0.6) is 0 Å². The molecule has 3 atom stereocenters. The summed E-state index contributed by atoms with van der Waals surface area (Å²) in [6, 6.07) is 9.71. The maximum atomic E-state index is 3.68. The highest BCUT2D eigenvalue weighted by Crippen LogP contribution is 2.39. The van der Waals surface area contributed by atoms with E-state index in [1.54, 1.807) is 11.1 Å². The van der Waals surface area contributed by atoms with Gasteiger partial charge in [-0.05, 0) is 55.2 Å². The molecule has 1 fully saturated rings. The highest BCUT2D eigenvalue weighted by atomic mass is 14.9. The first-order chi connectivity index (χ1) is 7.83. The molecule has 1 N–H and O–H groups in total. The summed E-state index contributed by atoms with van der Waals surface area (Å²) >= 11 is 0. The number of hydrogen-bond donors (Lipinski definition) is 1. The Kier molecular flexibility index (Phi) is 2.72. The third-order valence-electron chi connectivity index (χ3n) is 4.29. The van der Waals surface area contributed by atoms with Crippen molar-refractivity contribution in [2.75, 3.05) is 6.54 Å². The molecule has 0 radical (unpaired) electrons. The van der Waals surface area contributed by atoms with Gasteiger partial charge in [-0.3, -0.25) is 0 Å². The van der Waals surface area contributed by atoms with E-state index in [1.165, 1.54) is 32.2 Å². The zero-order valence-corrected chi connectivity index (χ0v) is 10.1. The molecule has 0 aromatic heterocycles. The highest BCUT2D eigenvalue weighted by molar-refractivity contribution is 5.39. The van der Waals surface area contributed by atoms with Gasteiger partial charge >= 0.3 is 0 Å². The van der Waals surface area contributed by atoms with E-state index in [9.17, 15) is 0 Å². The minimum atomic E-state index is 0.766. The quantitative estimate of drug-likeness (QED) is 0.799. The topological polar surface area (TPSA) is 12.0 Å². The van der Waals surface area contributed by atoms with Gasteiger partial charge in [0.2, 0.25) is 0 Å². The first kappa shape index (κ1) is 10.3. The minimum Gasteiger partial charge on any atom is -0.314 e. The van der Waals surface area contributed by atoms with E-state index in [4.69, 9.17) is 0 Å². The summed E-state index contributed by atoms with van der Waals surface area (Å²) in [5.41, 5.74) is 3.19. The fraction of sp³-hybridized carbons (Fsp3) is 0.600. The van der Waals surface area contributed by atoms with Crippen molar-refractivity contribution in [1.29, 1.82) is 0 Å².